The normalized spacial score (nSPS) is 10.9. The lowest BCUT2D eigenvalue weighted by Crippen LogP contribution is -2.27. The van der Waals surface area contributed by atoms with E-state index in [1.54, 1.807) is 21.1 Å². The molecule has 0 spiro atoms. The lowest BCUT2D eigenvalue weighted by Gasteiger charge is -2.09. The summed E-state index contributed by atoms with van der Waals surface area (Å²) in [6, 6.07) is 19.3. The standard InChI is InChI=1S/C28H29N3O4/c1-19(32)20-7-9-21(10-8-20)23-11-13-26-30-28(22-5-4-6-24(17-22)35-3)25(31(26)18-23)12-14-27(33)29-15-16-34-2/h4-11,13,17-18H,12,14-16H2,1-3H3,(H,29,33). The maximum Gasteiger partial charge on any atom is 0.220 e. The lowest BCUT2D eigenvalue weighted by molar-refractivity contribution is -0.121. The molecule has 180 valence electrons. The van der Waals surface area contributed by atoms with Crippen LogP contribution in [0.1, 0.15) is 29.4 Å². The second kappa shape index (κ2) is 11.0. The van der Waals surface area contributed by atoms with E-state index in [2.05, 4.69) is 5.32 Å². The molecule has 0 saturated carbocycles. The van der Waals surface area contributed by atoms with Crippen molar-refractivity contribution in [2.45, 2.75) is 19.8 Å². The molecule has 0 aliphatic heterocycles. The van der Waals surface area contributed by atoms with Crippen molar-refractivity contribution in [1.82, 2.24) is 14.7 Å². The predicted octanol–water partition coefficient (Wildman–Crippen LogP) is 4.57. The number of nitrogens with one attached hydrogen (secondary N) is 1. The van der Waals surface area contributed by atoms with E-state index in [0.29, 0.717) is 31.6 Å². The van der Waals surface area contributed by atoms with E-state index in [0.717, 1.165) is 39.5 Å². The molecule has 1 amide bonds. The highest BCUT2D eigenvalue weighted by Crippen LogP contribution is 2.30. The number of benzene rings is 2. The molecule has 0 unspecified atom stereocenters. The summed E-state index contributed by atoms with van der Waals surface area (Å²) in [5, 5.41) is 2.88. The Morgan fingerprint density at radius 1 is 0.971 bits per heavy atom. The smallest absolute Gasteiger partial charge is 0.220 e. The van der Waals surface area contributed by atoms with E-state index in [9.17, 15) is 9.59 Å². The van der Waals surface area contributed by atoms with Crippen LogP contribution >= 0.6 is 0 Å². The summed E-state index contributed by atoms with van der Waals surface area (Å²) in [7, 11) is 3.24. The number of fused-ring (bicyclic) bond motifs is 1. The van der Waals surface area contributed by atoms with Gasteiger partial charge in [0.25, 0.3) is 0 Å². The lowest BCUT2D eigenvalue weighted by atomic mass is 10.0. The number of carbonyl (C=O) groups excluding carboxylic acids is 2. The zero-order valence-electron chi connectivity index (χ0n) is 20.2. The largest absolute Gasteiger partial charge is 0.497 e. The summed E-state index contributed by atoms with van der Waals surface area (Å²) in [4.78, 5) is 29.0. The summed E-state index contributed by atoms with van der Waals surface area (Å²) < 4.78 is 12.5. The fourth-order valence-corrected chi connectivity index (χ4v) is 4.01. The van der Waals surface area contributed by atoms with Crippen molar-refractivity contribution in [3.8, 4) is 28.1 Å². The topological polar surface area (TPSA) is 81.9 Å². The monoisotopic (exact) mass is 471 g/mol. The van der Waals surface area contributed by atoms with Gasteiger partial charge in [-0.05, 0) is 48.7 Å². The van der Waals surface area contributed by atoms with Gasteiger partial charge in [-0.25, -0.2) is 4.98 Å². The van der Waals surface area contributed by atoms with Gasteiger partial charge in [0, 0.05) is 37.4 Å². The third-order valence-corrected chi connectivity index (χ3v) is 5.90. The number of hydrogen-bond donors (Lipinski definition) is 1. The number of pyridine rings is 1. The minimum Gasteiger partial charge on any atom is -0.497 e. The van der Waals surface area contributed by atoms with Crippen molar-refractivity contribution in [3.63, 3.8) is 0 Å². The van der Waals surface area contributed by atoms with Crippen molar-refractivity contribution in [1.29, 1.82) is 0 Å². The van der Waals surface area contributed by atoms with Crippen LogP contribution in [-0.2, 0) is 16.0 Å². The number of hydrogen-bond acceptors (Lipinski definition) is 5. The quantitative estimate of drug-likeness (QED) is 0.271. The van der Waals surface area contributed by atoms with E-state index < -0.39 is 0 Å². The molecule has 7 nitrogen and oxygen atoms in total. The number of amides is 1. The van der Waals surface area contributed by atoms with Crippen LogP contribution in [0, 0.1) is 0 Å². The zero-order valence-corrected chi connectivity index (χ0v) is 20.2. The van der Waals surface area contributed by atoms with E-state index >= 15 is 0 Å². The first-order chi connectivity index (χ1) is 17.0. The molecule has 2 heterocycles. The number of nitrogens with zero attached hydrogens (tertiary/aromatic N) is 2. The SMILES string of the molecule is COCCNC(=O)CCc1c(-c2cccc(OC)c2)nc2ccc(-c3ccc(C(C)=O)cc3)cn12. The molecule has 0 saturated heterocycles. The number of aromatic nitrogens is 2. The van der Waals surface area contributed by atoms with Crippen LogP contribution in [0.25, 0.3) is 28.0 Å². The van der Waals surface area contributed by atoms with Crippen molar-refractivity contribution >= 4 is 17.3 Å². The maximum atomic E-state index is 12.4. The molecular formula is C28H29N3O4. The Balaban J connectivity index is 1.73. The number of ether oxygens (including phenoxy) is 2. The average molecular weight is 472 g/mol. The number of ketones is 1. The zero-order chi connectivity index (χ0) is 24.8. The van der Waals surface area contributed by atoms with Gasteiger partial charge in [0.15, 0.2) is 5.78 Å². The molecule has 0 bridgehead atoms. The minimum atomic E-state index is -0.0374. The number of imidazole rings is 1. The molecule has 1 N–H and O–H groups in total. The summed E-state index contributed by atoms with van der Waals surface area (Å²) in [6.45, 7) is 2.51. The Bertz CT molecular complexity index is 1340. The first-order valence-electron chi connectivity index (χ1n) is 11.5. The highest BCUT2D eigenvalue weighted by Gasteiger charge is 2.17. The van der Waals surface area contributed by atoms with Gasteiger partial charge in [0.05, 0.1) is 25.1 Å². The Hall–Kier alpha value is -3.97. The maximum absolute atomic E-state index is 12.4. The minimum absolute atomic E-state index is 0.0374. The average Bonchev–Trinajstić information content (AvgIpc) is 3.25. The van der Waals surface area contributed by atoms with Gasteiger partial charge >= 0.3 is 0 Å². The molecule has 0 radical (unpaired) electrons. The summed E-state index contributed by atoms with van der Waals surface area (Å²) in [6.07, 6.45) is 2.87. The molecule has 2 aromatic carbocycles. The van der Waals surface area contributed by atoms with Crippen LogP contribution in [0.5, 0.6) is 5.75 Å². The Morgan fingerprint density at radius 3 is 2.46 bits per heavy atom. The van der Waals surface area contributed by atoms with Gasteiger partial charge < -0.3 is 19.2 Å². The molecule has 0 aliphatic rings. The number of aryl methyl sites for hydroxylation is 1. The Labute approximate surface area is 204 Å². The predicted molar refractivity (Wildman–Crippen MR) is 136 cm³/mol. The molecular weight excluding hydrogens is 442 g/mol. The summed E-state index contributed by atoms with van der Waals surface area (Å²) in [5.41, 5.74) is 6.15. The molecule has 35 heavy (non-hydrogen) atoms. The second-order valence-corrected chi connectivity index (χ2v) is 8.26. The third kappa shape index (κ3) is 5.58. The fraction of sp³-hybridized carbons (Fsp3) is 0.250. The van der Waals surface area contributed by atoms with E-state index in [1.807, 2.05) is 71.3 Å². The summed E-state index contributed by atoms with van der Waals surface area (Å²) in [5.74, 6) is 0.745. The third-order valence-electron chi connectivity index (χ3n) is 5.90. The Kier molecular flexibility index (Phi) is 7.57. The highest BCUT2D eigenvalue weighted by atomic mass is 16.5. The van der Waals surface area contributed by atoms with Gasteiger partial charge in [-0.2, -0.15) is 0 Å². The van der Waals surface area contributed by atoms with Crippen LogP contribution in [0.3, 0.4) is 0 Å². The molecule has 0 atom stereocenters. The van der Waals surface area contributed by atoms with E-state index in [4.69, 9.17) is 14.5 Å². The molecule has 4 rings (SSSR count). The van der Waals surface area contributed by atoms with E-state index in [-0.39, 0.29) is 11.7 Å². The van der Waals surface area contributed by atoms with Gasteiger partial charge in [0.2, 0.25) is 5.91 Å². The Morgan fingerprint density at radius 2 is 1.74 bits per heavy atom. The molecule has 0 aliphatic carbocycles. The number of rotatable bonds is 10. The number of carbonyl (C=O) groups is 2. The molecule has 0 fully saturated rings. The van der Waals surface area contributed by atoms with Crippen LogP contribution < -0.4 is 10.1 Å². The van der Waals surface area contributed by atoms with Crippen molar-refractivity contribution in [3.05, 3.63) is 78.1 Å². The van der Waals surface area contributed by atoms with E-state index in [1.165, 1.54) is 0 Å². The second-order valence-electron chi connectivity index (χ2n) is 8.26. The summed E-state index contributed by atoms with van der Waals surface area (Å²) >= 11 is 0. The van der Waals surface area contributed by atoms with Crippen molar-refractivity contribution in [2.24, 2.45) is 0 Å². The van der Waals surface area contributed by atoms with Crippen molar-refractivity contribution in [2.75, 3.05) is 27.4 Å². The van der Waals surface area contributed by atoms with Gasteiger partial charge in [-0.3, -0.25) is 9.59 Å². The van der Waals surface area contributed by atoms with Crippen LogP contribution in [-0.4, -0.2) is 48.4 Å². The van der Waals surface area contributed by atoms with Gasteiger partial charge in [-0.15, -0.1) is 0 Å². The van der Waals surface area contributed by atoms with Crippen molar-refractivity contribution < 1.29 is 19.1 Å². The highest BCUT2D eigenvalue weighted by molar-refractivity contribution is 5.94. The number of Topliss-reactive ketones (excluding diaryl/α,β-unsaturated/α-hetero) is 1. The first kappa shape index (κ1) is 24.2. The van der Waals surface area contributed by atoms with Gasteiger partial charge in [0.1, 0.15) is 11.4 Å². The molecule has 7 heteroatoms. The molecule has 4 aromatic rings. The number of methoxy groups -OCH3 is 2. The van der Waals surface area contributed by atoms with Crippen LogP contribution in [0.2, 0.25) is 0 Å². The van der Waals surface area contributed by atoms with Crippen LogP contribution in [0.4, 0.5) is 0 Å². The van der Waals surface area contributed by atoms with Gasteiger partial charge in [-0.1, -0.05) is 36.4 Å². The van der Waals surface area contributed by atoms with Crippen LogP contribution in [0.15, 0.2) is 66.9 Å². The fourth-order valence-electron chi connectivity index (χ4n) is 4.01. The first-order valence-corrected chi connectivity index (χ1v) is 11.5. The molecule has 2 aromatic heterocycles.